The van der Waals surface area contributed by atoms with Crippen molar-refractivity contribution in [3.63, 3.8) is 0 Å². The van der Waals surface area contributed by atoms with Gasteiger partial charge >= 0.3 is 0 Å². The Morgan fingerprint density at radius 3 is 2.50 bits per heavy atom. The molecule has 0 aliphatic heterocycles. The van der Waals surface area contributed by atoms with Gasteiger partial charge in [0, 0.05) is 22.2 Å². The van der Waals surface area contributed by atoms with Crippen LogP contribution in [0.1, 0.15) is 11.1 Å². The molecule has 18 heavy (non-hydrogen) atoms. The minimum Gasteiger partial charge on any atom is -0.316 e. The highest BCUT2D eigenvalue weighted by molar-refractivity contribution is 6.35. The summed E-state index contributed by atoms with van der Waals surface area (Å²) in [7, 11) is 1.94. The van der Waals surface area contributed by atoms with Crippen molar-refractivity contribution in [3.8, 4) is 11.1 Å². The molecule has 2 rings (SSSR count). The van der Waals surface area contributed by atoms with Crippen LogP contribution in [0.5, 0.6) is 0 Å². The van der Waals surface area contributed by atoms with Crippen molar-refractivity contribution in [2.45, 2.75) is 13.5 Å². The Kier molecular flexibility index (Phi) is 4.28. The Bertz CT molecular complexity index is 564. The molecule has 0 aliphatic rings. The van der Waals surface area contributed by atoms with Crippen LogP contribution in [0.3, 0.4) is 0 Å². The minimum absolute atomic E-state index is 0.702. The molecule has 0 saturated heterocycles. The highest BCUT2D eigenvalue weighted by Crippen LogP contribution is 2.33. The highest BCUT2D eigenvalue weighted by atomic mass is 35.5. The second-order valence-electron chi connectivity index (χ2n) is 4.30. The third-order valence-corrected chi connectivity index (χ3v) is 3.47. The number of rotatable bonds is 3. The first-order chi connectivity index (χ1) is 8.61. The van der Waals surface area contributed by atoms with Gasteiger partial charge in [0.05, 0.1) is 0 Å². The van der Waals surface area contributed by atoms with Gasteiger partial charge < -0.3 is 5.32 Å². The standard InChI is InChI=1S/C15H15Cl2N/c1-10-3-4-11(9-18-2)7-13(10)14-8-12(16)5-6-15(14)17/h3-8,18H,9H2,1-2H3. The summed E-state index contributed by atoms with van der Waals surface area (Å²) in [6, 6.07) is 11.9. The molecule has 0 radical (unpaired) electrons. The Labute approximate surface area is 118 Å². The summed E-state index contributed by atoms with van der Waals surface area (Å²) in [4.78, 5) is 0. The fourth-order valence-electron chi connectivity index (χ4n) is 1.98. The van der Waals surface area contributed by atoms with E-state index in [-0.39, 0.29) is 0 Å². The lowest BCUT2D eigenvalue weighted by Crippen LogP contribution is -2.05. The van der Waals surface area contributed by atoms with Crippen LogP contribution in [0.2, 0.25) is 10.0 Å². The number of benzene rings is 2. The molecule has 0 atom stereocenters. The van der Waals surface area contributed by atoms with E-state index in [1.807, 2.05) is 19.2 Å². The zero-order valence-electron chi connectivity index (χ0n) is 10.4. The van der Waals surface area contributed by atoms with Gasteiger partial charge in [-0.15, -0.1) is 0 Å². The number of hydrogen-bond donors (Lipinski definition) is 1. The predicted molar refractivity (Wildman–Crippen MR) is 79.4 cm³/mol. The zero-order chi connectivity index (χ0) is 13.1. The maximum absolute atomic E-state index is 6.26. The second-order valence-corrected chi connectivity index (χ2v) is 5.15. The van der Waals surface area contributed by atoms with E-state index >= 15 is 0 Å². The predicted octanol–water partition coefficient (Wildman–Crippen LogP) is 4.69. The minimum atomic E-state index is 0.702. The summed E-state index contributed by atoms with van der Waals surface area (Å²) >= 11 is 12.3. The van der Waals surface area contributed by atoms with Gasteiger partial charge in [0.2, 0.25) is 0 Å². The summed E-state index contributed by atoms with van der Waals surface area (Å²) in [5.41, 5.74) is 4.54. The molecule has 0 bridgehead atoms. The molecule has 94 valence electrons. The zero-order valence-corrected chi connectivity index (χ0v) is 11.9. The molecule has 1 nitrogen and oxygen atoms in total. The van der Waals surface area contributed by atoms with Crippen molar-refractivity contribution < 1.29 is 0 Å². The normalized spacial score (nSPS) is 10.7. The van der Waals surface area contributed by atoms with Crippen LogP contribution >= 0.6 is 23.2 Å². The molecular weight excluding hydrogens is 265 g/mol. The monoisotopic (exact) mass is 279 g/mol. The molecule has 0 amide bonds. The van der Waals surface area contributed by atoms with E-state index in [0.717, 1.165) is 22.7 Å². The molecule has 0 aromatic heterocycles. The maximum Gasteiger partial charge on any atom is 0.0485 e. The van der Waals surface area contributed by atoms with Gasteiger partial charge in [0.25, 0.3) is 0 Å². The van der Waals surface area contributed by atoms with Crippen LogP contribution in [0.15, 0.2) is 36.4 Å². The quantitative estimate of drug-likeness (QED) is 0.860. The summed E-state index contributed by atoms with van der Waals surface area (Å²) in [6.45, 7) is 2.92. The Hall–Kier alpha value is -1.02. The van der Waals surface area contributed by atoms with Crippen molar-refractivity contribution in [2.24, 2.45) is 0 Å². The van der Waals surface area contributed by atoms with Crippen LogP contribution in [-0.2, 0) is 6.54 Å². The molecule has 0 spiro atoms. The summed E-state index contributed by atoms with van der Waals surface area (Å²) in [6.07, 6.45) is 0. The largest absolute Gasteiger partial charge is 0.316 e. The lowest BCUT2D eigenvalue weighted by molar-refractivity contribution is 0.818. The highest BCUT2D eigenvalue weighted by Gasteiger charge is 2.08. The lowest BCUT2D eigenvalue weighted by atomic mass is 9.98. The van der Waals surface area contributed by atoms with Crippen molar-refractivity contribution in [2.75, 3.05) is 7.05 Å². The molecule has 0 aliphatic carbocycles. The summed E-state index contributed by atoms with van der Waals surface area (Å²) in [5, 5.41) is 4.58. The van der Waals surface area contributed by atoms with E-state index in [0.29, 0.717) is 5.02 Å². The topological polar surface area (TPSA) is 12.0 Å². The van der Waals surface area contributed by atoms with Crippen molar-refractivity contribution in [3.05, 3.63) is 57.6 Å². The van der Waals surface area contributed by atoms with Gasteiger partial charge in [-0.3, -0.25) is 0 Å². The van der Waals surface area contributed by atoms with Gasteiger partial charge in [0.15, 0.2) is 0 Å². The average Bonchev–Trinajstić information content (AvgIpc) is 2.35. The van der Waals surface area contributed by atoms with Crippen LogP contribution in [0.25, 0.3) is 11.1 Å². The molecule has 0 heterocycles. The van der Waals surface area contributed by atoms with E-state index < -0.39 is 0 Å². The van der Waals surface area contributed by atoms with Crippen LogP contribution in [0.4, 0.5) is 0 Å². The molecule has 0 unspecified atom stereocenters. The molecule has 0 fully saturated rings. The maximum atomic E-state index is 6.26. The van der Waals surface area contributed by atoms with E-state index in [2.05, 4.69) is 30.4 Å². The first-order valence-electron chi connectivity index (χ1n) is 5.81. The lowest BCUT2D eigenvalue weighted by Gasteiger charge is -2.11. The van der Waals surface area contributed by atoms with Crippen molar-refractivity contribution in [1.29, 1.82) is 0 Å². The Morgan fingerprint density at radius 1 is 1.00 bits per heavy atom. The van der Waals surface area contributed by atoms with Crippen LogP contribution in [0, 0.1) is 6.92 Å². The van der Waals surface area contributed by atoms with Gasteiger partial charge in [-0.25, -0.2) is 0 Å². The van der Waals surface area contributed by atoms with E-state index in [1.54, 1.807) is 6.07 Å². The first-order valence-corrected chi connectivity index (χ1v) is 6.57. The summed E-state index contributed by atoms with van der Waals surface area (Å²) in [5.74, 6) is 0. The first kappa shape index (κ1) is 13.4. The molecule has 2 aromatic rings. The third-order valence-electron chi connectivity index (χ3n) is 2.90. The van der Waals surface area contributed by atoms with Crippen LogP contribution < -0.4 is 5.32 Å². The van der Waals surface area contributed by atoms with E-state index in [1.165, 1.54) is 11.1 Å². The molecule has 2 aromatic carbocycles. The SMILES string of the molecule is CNCc1ccc(C)c(-c2cc(Cl)ccc2Cl)c1. The van der Waals surface area contributed by atoms with Gasteiger partial charge in [0.1, 0.15) is 0 Å². The number of nitrogens with one attached hydrogen (secondary N) is 1. The van der Waals surface area contributed by atoms with Gasteiger partial charge in [-0.05, 0) is 54.9 Å². The second kappa shape index (κ2) is 5.75. The van der Waals surface area contributed by atoms with Crippen LogP contribution in [-0.4, -0.2) is 7.05 Å². The fraction of sp³-hybridized carbons (Fsp3) is 0.200. The average molecular weight is 280 g/mol. The molecule has 3 heteroatoms. The van der Waals surface area contributed by atoms with Crippen molar-refractivity contribution >= 4 is 23.2 Å². The third kappa shape index (κ3) is 2.86. The fourth-order valence-corrected chi connectivity index (χ4v) is 2.37. The molecular formula is C15H15Cl2N. The van der Waals surface area contributed by atoms with Crippen molar-refractivity contribution in [1.82, 2.24) is 5.32 Å². The Balaban J connectivity index is 2.55. The number of aryl methyl sites for hydroxylation is 1. The number of hydrogen-bond acceptors (Lipinski definition) is 1. The van der Waals surface area contributed by atoms with E-state index in [4.69, 9.17) is 23.2 Å². The summed E-state index contributed by atoms with van der Waals surface area (Å²) < 4.78 is 0. The number of halogens is 2. The Morgan fingerprint density at radius 2 is 1.78 bits per heavy atom. The molecule has 1 N–H and O–H groups in total. The van der Waals surface area contributed by atoms with Gasteiger partial charge in [-0.2, -0.15) is 0 Å². The van der Waals surface area contributed by atoms with E-state index in [9.17, 15) is 0 Å². The smallest absolute Gasteiger partial charge is 0.0485 e. The molecule has 0 saturated carbocycles. The van der Waals surface area contributed by atoms with Gasteiger partial charge in [-0.1, -0.05) is 35.3 Å².